The third-order valence-electron chi connectivity index (χ3n) is 2.90. The summed E-state index contributed by atoms with van der Waals surface area (Å²) in [5, 5.41) is 5.51. The highest BCUT2D eigenvalue weighted by Gasteiger charge is 2.11. The van der Waals surface area contributed by atoms with Crippen molar-refractivity contribution < 1.29 is 9.59 Å². The first-order chi connectivity index (χ1) is 9.61. The van der Waals surface area contributed by atoms with Crippen molar-refractivity contribution in [3.8, 4) is 0 Å². The van der Waals surface area contributed by atoms with Gasteiger partial charge in [0, 0.05) is 26.1 Å². The summed E-state index contributed by atoms with van der Waals surface area (Å²) in [5.74, 6) is -0.0950. The minimum Gasteiger partial charge on any atom is -0.355 e. The molecule has 8 N–H and O–H groups in total. The first-order valence-corrected chi connectivity index (χ1v) is 7.32. The van der Waals surface area contributed by atoms with Crippen LogP contribution in [0.5, 0.6) is 0 Å². The Morgan fingerprint density at radius 2 is 1.65 bits per heavy atom. The molecule has 0 bridgehead atoms. The molecule has 0 aromatic carbocycles. The van der Waals surface area contributed by atoms with Crippen LogP contribution in [0.1, 0.15) is 38.5 Å². The average molecular weight is 287 g/mol. The molecule has 20 heavy (non-hydrogen) atoms. The van der Waals surface area contributed by atoms with Crippen molar-refractivity contribution in [2.75, 3.05) is 26.2 Å². The Balaban J connectivity index is 3.43. The summed E-state index contributed by atoms with van der Waals surface area (Å²) in [6, 6.07) is -0.472. The number of unbranched alkanes of at least 4 members (excludes halogenated alkanes) is 2. The lowest BCUT2D eigenvalue weighted by Gasteiger charge is -2.11. The number of carbonyl (C=O) groups is 2. The molecule has 0 radical (unpaired) electrons. The van der Waals surface area contributed by atoms with E-state index in [0.29, 0.717) is 39.0 Å². The number of nitrogens with one attached hydrogen (secondary N) is 2. The van der Waals surface area contributed by atoms with Gasteiger partial charge in [0.2, 0.25) is 11.8 Å². The molecule has 0 saturated heterocycles. The first kappa shape index (κ1) is 18.8. The molecule has 0 saturated carbocycles. The zero-order valence-corrected chi connectivity index (χ0v) is 12.2. The Morgan fingerprint density at radius 3 is 2.30 bits per heavy atom. The third kappa shape index (κ3) is 10.7. The summed E-state index contributed by atoms with van der Waals surface area (Å²) in [4.78, 5) is 22.8. The SMILES string of the molecule is NCCCC(N)C(=O)NCCCCCC(=O)NCCN. The van der Waals surface area contributed by atoms with E-state index < -0.39 is 6.04 Å². The molecule has 0 aromatic heterocycles. The third-order valence-corrected chi connectivity index (χ3v) is 2.90. The molecule has 7 heteroatoms. The van der Waals surface area contributed by atoms with E-state index in [2.05, 4.69) is 10.6 Å². The topological polar surface area (TPSA) is 136 Å². The minimum absolute atomic E-state index is 0.0308. The highest BCUT2D eigenvalue weighted by molar-refractivity contribution is 5.81. The summed E-state index contributed by atoms with van der Waals surface area (Å²) in [7, 11) is 0. The van der Waals surface area contributed by atoms with Gasteiger partial charge in [-0.15, -0.1) is 0 Å². The fraction of sp³-hybridized carbons (Fsp3) is 0.846. The Hall–Kier alpha value is -1.18. The van der Waals surface area contributed by atoms with Gasteiger partial charge in [0.15, 0.2) is 0 Å². The quantitative estimate of drug-likeness (QED) is 0.287. The standard InChI is InChI=1S/C13H29N5O2/c14-7-4-5-11(16)13(20)18-9-3-1-2-6-12(19)17-10-8-15/h11H,1-10,14-16H2,(H,17,19)(H,18,20). The van der Waals surface area contributed by atoms with Crippen LogP contribution in [0, 0.1) is 0 Å². The molecule has 0 spiro atoms. The molecule has 0 aromatic rings. The summed E-state index contributed by atoms with van der Waals surface area (Å²) >= 11 is 0. The van der Waals surface area contributed by atoms with Gasteiger partial charge in [-0.1, -0.05) is 6.42 Å². The Morgan fingerprint density at radius 1 is 0.900 bits per heavy atom. The van der Waals surface area contributed by atoms with Gasteiger partial charge in [0.05, 0.1) is 6.04 Å². The van der Waals surface area contributed by atoms with Crippen LogP contribution in [-0.4, -0.2) is 44.0 Å². The highest BCUT2D eigenvalue weighted by Crippen LogP contribution is 1.99. The summed E-state index contributed by atoms with van der Waals surface area (Å²) in [6.07, 6.45) is 4.43. The van der Waals surface area contributed by atoms with E-state index in [1.54, 1.807) is 0 Å². The van der Waals surface area contributed by atoms with Gasteiger partial charge in [0.1, 0.15) is 0 Å². The number of nitrogens with two attached hydrogens (primary N) is 3. The molecular weight excluding hydrogens is 258 g/mol. The van der Waals surface area contributed by atoms with Crippen molar-refractivity contribution >= 4 is 11.8 Å². The van der Waals surface area contributed by atoms with E-state index in [1.807, 2.05) is 0 Å². The average Bonchev–Trinajstić information content (AvgIpc) is 2.45. The molecule has 0 aliphatic heterocycles. The molecule has 0 aliphatic carbocycles. The number of rotatable bonds is 12. The number of hydrogen-bond donors (Lipinski definition) is 5. The lowest BCUT2D eigenvalue weighted by atomic mass is 10.1. The fourth-order valence-electron chi connectivity index (χ4n) is 1.70. The molecule has 2 amide bonds. The monoisotopic (exact) mass is 287 g/mol. The molecule has 0 aliphatic rings. The van der Waals surface area contributed by atoms with E-state index in [-0.39, 0.29) is 11.8 Å². The normalized spacial score (nSPS) is 11.9. The predicted molar refractivity (Wildman–Crippen MR) is 79.8 cm³/mol. The summed E-state index contributed by atoms with van der Waals surface area (Å²) in [6.45, 7) is 2.13. The molecule has 0 heterocycles. The van der Waals surface area contributed by atoms with E-state index in [4.69, 9.17) is 17.2 Å². The largest absolute Gasteiger partial charge is 0.355 e. The van der Waals surface area contributed by atoms with E-state index in [0.717, 1.165) is 25.7 Å². The van der Waals surface area contributed by atoms with Crippen molar-refractivity contribution in [1.29, 1.82) is 0 Å². The summed E-state index contributed by atoms with van der Waals surface area (Å²) in [5.41, 5.74) is 16.3. The maximum absolute atomic E-state index is 11.6. The smallest absolute Gasteiger partial charge is 0.236 e. The second kappa shape index (κ2) is 12.8. The lowest BCUT2D eigenvalue weighted by Crippen LogP contribution is -2.41. The lowest BCUT2D eigenvalue weighted by molar-refractivity contribution is -0.123. The highest BCUT2D eigenvalue weighted by atomic mass is 16.2. The van der Waals surface area contributed by atoms with Crippen LogP contribution in [-0.2, 0) is 9.59 Å². The Bertz CT molecular complexity index is 273. The zero-order valence-electron chi connectivity index (χ0n) is 12.2. The van der Waals surface area contributed by atoms with Gasteiger partial charge < -0.3 is 27.8 Å². The van der Waals surface area contributed by atoms with Crippen molar-refractivity contribution in [2.24, 2.45) is 17.2 Å². The molecule has 0 fully saturated rings. The first-order valence-electron chi connectivity index (χ1n) is 7.32. The second-order valence-corrected chi connectivity index (χ2v) is 4.78. The van der Waals surface area contributed by atoms with Gasteiger partial charge in [0.25, 0.3) is 0 Å². The van der Waals surface area contributed by atoms with Crippen LogP contribution in [0.25, 0.3) is 0 Å². The minimum atomic E-state index is -0.472. The Labute approximate surface area is 121 Å². The molecular formula is C13H29N5O2. The fourth-order valence-corrected chi connectivity index (χ4v) is 1.70. The van der Waals surface area contributed by atoms with Crippen molar-refractivity contribution in [1.82, 2.24) is 10.6 Å². The van der Waals surface area contributed by atoms with Gasteiger partial charge in [-0.05, 0) is 32.2 Å². The summed E-state index contributed by atoms with van der Waals surface area (Å²) < 4.78 is 0. The van der Waals surface area contributed by atoms with Gasteiger partial charge in [-0.2, -0.15) is 0 Å². The van der Waals surface area contributed by atoms with Crippen LogP contribution < -0.4 is 27.8 Å². The zero-order chi connectivity index (χ0) is 15.2. The molecule has 0 rings (SSSR count). The number of amides is 2. The van der Waals surface area contributed by atoms with Crippen molar-refractivity contribution in [3.05, 3.63) is 0 Å². The van der Waals surface area contributed by atoms with E-state index in [9.17, 15) is 9.59 Å². The van der Waals surface area contributed by atoms with Crippen LogP contribution in [0.2, 0.25) is 0 Å². The molecule has 7 nitrogen and oxygen atoms in total. The maximum atomic E-state index is 11.6. The Kier molecular flexibility index (Phi) is 12.1. The van der Waals surface area contributed by atoms with Crippen LogP contribution in [0.15, 0.2) is 0 Å². The predicted octanol–water partition coefficient (Wildman–Crippen LogP) is -1.20. The van der Waals surface area contributed by atoms with Crippen LogP contribution in [0.3, 0.4) is 0 Å². The van der Waals surface area contributed by atoms with Gasteiger partial charge in [-0.3, -0.25) is 9.59 Å². The molecule has 1 unspecified atom stereocenters. The van der Waals surface area contributed by atoms with Crippen LogP contribution in [0.4, 0.5) is 0 Å². The number of hydrogen-bond acceptors (Lipinski definition) is 5. The van der Waals surface area contributed by atoms with Gasteiger partial charge >= 0.3 is 0 Å². The van der Waals surface area contributed by atoms with E-state index >= 15 is 0 Å². The maximum Gasteiger partial charge on any atom is 0.236 e. The van der Waals surface area contributed by atoms with E-state index in [1.165, 1.54) is 0 Å². The second-order valence-electron chi connectivity index (χ2n) is 4.78. The van der Waals surface area contributed by atoms with Crippen molar-refractivity contribution in [3.63, 3.8) is 0 Å². The van der Waals surface area contributed by atoms with Crippen molar-refractivity contribution in [2.45, 2.75) is 44.6 Å². The van der Waals surface area contributed by atoms with Crippen LogP contribution >= 0.6 is 0 Å². The molecule has 1 atom stereocenters. The number of carbonyl (C=O) groups excluding carboxylic acids is 2. The van der Waals surface area contributed by atoms with Gasteiger partial charge in [-0.25, -0.2) is 0 Å². The molecule has 118 valence electrons.